The maximum Gasteiger partial charge on any atom is 0.312 e. The summed E-state index contributed by atoms with van der Waals surface area (Å²) < 4.78 is 11.9. The summed E-state index contributed by atoms with van der Waals surface area (Å²) in [5, 5.41) is 10.5. The van der Waals surface area contributed by atoms with Gasteiger partial charge in [0.25, 0.3) is 5.91 Å². The molecule has 37 heavy (non-hydrogen) atoms. The van der Waals surface area contributed by atoms with Gasteiger partial charge in [0.2, 0.25) is 5.91 Å². The molecule has 1 N–H and O–H groups in total. The molecule has 2 amide bonds. The number of anilines is 1. The number of fused-ring (bicyclic) bond motifs is 1. The van der Waals surface area contributed by atoms with Crippen LogP contribution in [0.5, 0.6) is 0 Å². The number of carbonyl (C=O) groups is 3. The number of hydrogen-bond acceptors (Lipinski definition) is 6. The Morgan fingerprint density at radius 2 is 2.00 bits per heavy atom. The molecule has 2 bridgehead atoms. The maximum absolute atomic E-state index is 14.7. The summed E-state index contributed by atoms with van der Waals surface area (Å²) >= 11 is 0. The number of aliphatic hydroxyl groups excluding tert-OH is 1. The molecule has 0 radical (unpaired) electrons. The van der Waals surface area contributed by atoms with Gasteiger partial charge in [0, 0.05) is 12.2 Å². The summed E-state index contributed by atoms with van der Waals surface area (Å²) in [6, 6.07) is 4.30. The van der Waals surface area contributed by atoms with Gasteiger partial charge >= 0.3 is 5.97 Å². The average molecular weight is 513 g/mol. The maximum atomic E-state index is 14.7. The van der Waals surface area contributed by atoms with Gasteiger partial charge < -0.3 is 24.4 Å². The fourth-order valence-corrected chi connectivity index (χ4v) is 6.85. The quantitative estimate of drug-likeness (QED) is 0.382. The molecule has 1 aromatic carbocycles. The van der Waals surface area contributed by atoms with E-state index in [1.54, 1.807) is 22.8 Å². The van der Waals surface area contributed by atoms with Crippen molar-refractivity contribution in [1.82, 2.24) is 4.90 Å². The third kappa shape index (κ3) is 4.18. The van der Waals surface area contributed by atoms with Crippen LogP contribution in [-0.4, -0.2) is 71.3 Å². The van der Waals surface area contributed by atoms with Gasteiger partial charge in [0.1, 0.15) is 11.6 Å². The van der Waals surface area contributed by atoms with E-state index in [1.807, 2.05) is 45.9 Å². The summed E-state index contributed by atoms with van der Waals surface area (Å²) in [6.45, 7) is 13.7. The number of para-hydroxylation sites is 1. The monoisotopic (exact) mass is 512 g/mol. The van der Waals surface area contributed by atoms with Crippen LogP contribution < -0.4 is 4.90 Å². The number of hydrogen-bond donors (Lipinski definition) is 1. The van der Waals surface area contributed by atoms with E-state index >= 15 is 0 Å². The molecule has 1 spiro atoms. The number of amides is 2. The lowest BCUT2D eigenvalue weighted by Crippen LogP contribution is -2.60. The number of aryl methyl sites for hydroxylation is 2. The van der Waals surface area contributed by atoms with Crippen LogP contribution in [0.3, 0.4) is 0 Å². The van der Waals surface area contributed by atoms with E-state index in [4.69, 9.17) is 9.47 Å². The highest BCUT2D eigenvalue weighted by atomic mass is 16.6. The van der Waals surface area contributed by atoms with E-state index in [0.29, 0.717) is 19.3 Å². The van der Waals surface area contributed by atoms with Gasteiger partial charge in [0.05, 0.1) is 37.2 Å². The second-order valence-electron chi connectivity index (χ2n) is 10.7. The van der Waals surface area contributed by atoms with Crippen LogP contribution in [0.25, 0.3) is 0 Å². The largest absolute Gasteiger partial charge is 0.466 e. The summed E-state index contributed by atoms with van der Waals surface area (Å²) in [7, 11) is 0. The number of nitrogens with zero attached hydrogens (tertiary/aromatic N) is 2. The van der Waals surface area contributed by atoms with Crippen molar-refractivity contribution in [3.63, 3.8) is 0 Å². The molecule has 3 aliphatic rings. The van der Waals surface area contributed by atoms with E-state index in [-0.39, 0.29) is 37.5 Å². The number of benzene rings is 1. The van der Waals surface area contributed by atoms with Crippen molar-refractivity contribution in [2.24, 2.45) is 17.8 Å². The van der Waals surface area contributed by atoms with Gasteiger partial charge in [0.15, 0.2) is 0 Å². The Bertz CT molecular complexity index is 1050. The highest BCUT2D eigenvalue weighted by molar-refractivity contribution is 6.05. The van der Waals surface area contributed by atoms with Crippen molar-refractivity contribution in [2.45, 2.75) is 77.7 Å². The molecular weight excluding hydrogens is 472 g/mol. The lowest BCUT2D eigenvalue weighted by atomic mass is 9.70. The number of rotatable bonds is 10. The van der Waals surface area contributed by atoms with Crippen molar-refractivity contribution >= 4 is 23.5 Å². The highest BCUT2D eigenvalue weighted by Crippen LogP contribution is 2.59. The van der Waals surface area contributed by atoms with Crippen LogP contribution in [0.2, 0.25) is 0 Å². The SMILES string of the molecule is C=CCN(C(=O)[C@@H]1N([C@@H](CO)[C@@H](C)CC)C(=O)[C@H]2[C@H](C(=O)OCC)[C@@H]3CC[C@]12O3)c1c(C)cccc1C. The lowest BCUT2D eigenvalue weighted by molar-refractivity contribution is -0.155. The molecule has 0 aliphatic carbocycles. The van der Waals surface area contributed by atoms with E-state index in [9.17, 15) is 19.5 Å². The molecular formula is C29H40N2O6. The highest BCUT2D eigenvalue weighted by Gasteiger charge is 2.75. The van der Waals surface area contributed by atoms with Gasteiger partial charge in [-0.15, -0.1) is 6.58 Å². The molecule has 8 nitrogen and oxygen atoms in total. The first kappa shape index (κ1) is 27.3. The fraction of sp³-hybridized carbons (Fsp3) is 0.621. The standard InChI is InChI=1S/C29H40N2O6/c1-7-15-30(24-18(5)11-10-12-19(24)6)27(34)25-29-14-13-21(37-29)22(28(35)36-9-3)23(29)26(33)31(25)20(16-32)17(4)8-2/h7,10-12,17,20-23,25,32H,1,8-9,13-16H2,2-6H3/t17-,20-,21-,22+,23+,25-,29+/m0/s1. The summed E-state index contributed by atoms with van der Waals surface area (Å²) in [4.78, 5) is 45.2. The second kappa shape index (κ2) is 10.6. The molecule has 3 saturated heterocycles. The smallest absolute Gasteiger partial charge is 0.312 e. The normalized spacial score (nSPS) is 29.7. The average Bonchev–Trinajstić information content (AvgIpc) is 3.51. The molecule has 4 rings (SSSR count). The van der Waals surface area contributed by atoms with Crippen LogP contribution in [0.4, 0.5) is 5.69 Å². The molecule has 202 valence electrons. The van der Waals surface area contributed by atoms with E-state index in [2.05, 4.69) is 6.58 Å². The first-order chi connectivity index (χ1) is 17.7. The van der Waals surface area contributed by atoms with Gasteiger partial charge in [-0.25, -0.2) is 0 Å². The van der Waals surface area contributed by atoms with Crippen molar-refractivity contribution in [1.29, 1.82) is 0 Å². The predicted octanol–water partition coefficient (Wildman–Crippen LogP) is 3.17. The molecule has 3 heterocycles. The van der Waals surface area contributed by atoms with Crippen LogP contribution in [0, 0.1) is 31.6 Å². The molecule has 7 atom stereocenters. The van der Waals surface area contributed by atoms with E-state index in [1.165, 1.54) is 0 Å². The minimum absolute atomic E-state index is 0.0641. The second-order valence-corrected chi connectivity index (χ2v) is 10.7. The summed E-state index contributed by atoms with van der Waals surface area (Å²) in [5.41, 5.74) is 1.49. The Kier molecular flexibility index (Phi) is 7.81. The van der Waals surface area contributed by atoms with Crippen molar-refractivity contribution in [3.05, 3.63) is 42.0 Å². The Balaban J connectivity index is 1.87. The molecule has 3 aliphatic heterocycles. The molecule has 3 fully saturated rings. The number of aliphatic hydroxyl groups is 1. The van der Waals surface area contributed by atoms with Crippen LogP contribution in [0.15, 0.2) is 30.9 Å². The van der Waals surface area contributed by atoms with Gasteiger partial charge in [-0.2, -0.15) is 0 Å². The van der Waals surface area contributed by atoms with Crippen LogP contribution in [0.1, 0.15) is 51.2 Å². The lowest BCUT2D eigenvalue weighted by Gasteiger charge is -2.41. The van der Waals surface area contributed by atoms with Crippen molar-refractivity contribution in [2.75, 3.05) is 24.7 Å². The van der Waals surface area contributed by atoms with Crippen LogP contribution in [-0.2, 0) is 23.9 Å². The van der Waals surface area contributed by atoms with Crippen LogP contribution >= 0.6 is 0 Å². The van der Waals surface area contributed by atoms with Crippen molar-refractivity contribution in [3.8, 4) is 0 Å². The molecule has 0 unspecified atom stereocenters. The zero-order valence-corrected chi connectivity index (χ0v) is 22.6. The Morgan fingerprint density at radius 3 is 2.57 bits per heavy atom. The number of carbonyl (C=O) groups excluding carboxylic acids is 3. The number of likely N-dealkylation sites (tertiary alicyclic amines) is 1. The Morgan fingerprint density at radius 1 is 1.32 bits per heavy atom. The topological polar surface area (TPSA) is 96.4 Å². The minimum Gasteiger partial charge on any atom is -0.466 e. The van der Waals surface area contributed by atoms with E-state index in [0.717, 1.165) is 16.8 Å². The number of esters is 1. The molecule has 8 heteroatoms. The fourth-order valence-electron chi connectivity index (χ4n) is 6.85. The Labute approximate surface area is 219 Å². The van der Waals surface area contributed by atoms with E-state index < -0.39 is 41.6 Å². The minimum atomic E-state index is -1.15. The zero-order valence-electron chi connectivity index (χ0n) is 22.6. The molecule has 1 aromatic rings. The van der Waals surface area contributed by atoms with Gasteiger partial charge in [-0.1, -0.05) is 44.5 Å². The first-order valence-corrected chi connectivity index (χ1v) is 13.4. The van der Waals surface area contributed by atoms with Gasteiger partial charge in [-0.3, -0.25) is 14.4 Å². The zero-order chi connectivity index (χ0) is 27.1. The van der Waals surface area contributed by atoms with Crippen molar-refractivity contribution < 1.29 is 29.0 Å². The van der Waals surface area contributed by atoms with Gasteiger partial charge in [-0.05, 0) is 50.7 Å². The third-order valence-electron chi connectivity index (χ3n) is 8.66. The first-order valence-electron chi connectivity index (χ1n) is 13.4. The molecule has 0 saturated carbocycles. The predicted molar refractivity (Wildman–Crippen MR) is 140 cm³/mol. The third-order valence-corrected chi connectivity index (χ3v) is 8.66. The number of ether oxygens (including phenoxy) is 2. The molecule has 0 aromatic heterocycles. The summed E-state index contributed by atoms with van der Waals surface area (Å²) in [6.07, 6.45) is 2.99. The Hall–Kier alpha value is -2.71. The summed E-state index contributed by atoms with van der Waals surface area (Å²) in [5.74, 6) is -2.68.